The zero-order valence-corrected chi connectivity index (χ0v) is 87.4. The van der Waals surface area contributed by atoms with Gasteiger partial charge in [-0.05, 0) is 198 Å². The first kappa shape index (κ1) is 99.7. The molecule has 39 heteroatoms. The van der Waals surface area contributed by atoms with E-state index in [1.54, 1.807) is 67.2 Å². The lowest BCUT2D eigenvalue weighted by Gasteiger charge is -2.38. The third-order valence-electron chi connectivity index (χ3n) is 28.7. The van der Waals surface area contributed by atoms with Gasteiger partial charge in [0.1, 0.15) is 49.1 Å². The van der Waals surface area contributed by atoms with Gasteiger partial charge in [-0.2, -0.15) is 0 Å². The Hall–Kier alpha value is -14.9. The Balaban J connectivity index is 0.000000106. The van der Waals surface area contributed by atoms with E-state index in [1.807, 2.05) is 155 Å². The number of benzene rings is 5. The molecule has 0 radical (unpaired) electrons. The molecule has 15 aromatic heterocycles. The van der Waals surface area contributed by atoms with Crippen LogP contribution in [0.25, 0.3) is 145 Å². The number of piperazine rings is 4. The van der Waals surface area contributed by atoms with Gasteiger partial charge in [0.2, 0.25) is 0 Å². The van der Waals surface area contributed by atoms with E-state index in [0.717, 1.165) is 216 Å². The molecule has 26 rings (SSSR count). The normalized spacial score (nSPS) is 15.8. The molecule has 6 aliphatic heterocycles. The Morgan fingerprint density at radius 3 is 0.987 bits per heavy atom. The van der Waals surface area contributed by atoms with Gasteiger partial charge < -0.3 is 83.5 Å². The Labute approximate surface area is 878 Å². The fourth-order valence-electron chi connectivity index (χ4n) is 20.4. The van der Waals surface area contributed by atoms with Crippen molar-refractivity contribution in [2.75, 3.05) is 164 Å². The van der Waals surface area contributed by atoms with Crippen LogP contribution in [0.15, 0.2) is 235 Å². The van der Waals surface area contributed by atoms with Crippen molar-refractivity contribution in [3.63, 3.8) is 0 Å². The number of aromatic nitrogens is 15. The van der Waals surface area contributed by atoms with E-state index in [9.17, 15) is 24.0 Å². The number of fused-ring (bicyclic) bond motifs is 10. The second kappa shape index (κ2) is 41.9. The summed E-state index contributed by atoms with van der Waals surface area (Å²) >= 11 is 24.1. The van der Waals surface area contributed by atoms with Crippen molar-refractivity contribution in [2.45, 2.75) is 80.8 Å². The van der Waals surface area contributed by atoms with Gasteiger partial charge in [-0.1, -0.05) is 95.8 Å². The number of imidazole rings is 5. The van der Waals surface area contributed by atoms with Crippen LogP contribution in [0.3, 0.4) is 0 Å². The molecule has 20 aromatic rings. The Bertz CT molecular complexity index is 9020. The lowest BCUT2D eigenvalue weighted by Crippen LogP contribution is -2.50. The fraction of sp³-hybridized carbons (Fsp3) is 0.306. The fourth-order valence-corrected chi connectivity index (χ4v) is 21.3. The highest BCUT2D eigenvalue weighted by atomic mass is 35.5. The largest absolute Gasteiger partial charge is 0.421 e. The van der Waals surface area contributed by atoms with E-state index in [0.29, 0.717) is 162 Å². The number of aryl methyl sites for hydroxylation is 6. The highest BCUT2D eigenvalue weighted by molar-refractivity contribution is 6.30. The Kier molecular flexibility index (Phi) is 27.9. The van der Waals surface area contributed by atoms with Crippen LogP contribution in [0.4, 0.5) is 22.7 Å². The van der Waals surface area contributed by atoms with Gasteiger partial charge in [0.25, 0.3) is 0 Å². The van der Waals surface area contributed by atoms with Crippen LogP contribution < -0.4 is 53.0 Å². The average molecular weight is 2100 g/mol. The smallest absolute Gasteiger partial charge is 0.344 e. The van der Waals surface area contributed by atoms with E-state index < -0.39 is 0 Å². The summed E-state index contributed by atoms with van der Waals surface area (Å²) in [6.45, 7) is 38.2. The lowest BCUT2D eigenvalue weighted by atomic mass is 9.96. The molecule has 5 fully saturated rings. The Morgan fingerprint density at radius 1 is 0.353 bits per heavy atom. The van der Waals surface area contributed by atoms with Crippen LogP contribution in [0, 0.1) is 41.5 Å². The van der Waals surface area contributed by atoms with Crippen molar-refractivity contribution >= 4 is 157 Å². The minimum atomic E-state index is -0.366. The molecule has 5 aromatic carbocycles. The van der Waals surface area contributed by atoms with E-state index in [4.69, 9.17) is 73.2 Å². The third kappa shape index (κ3) is 20.8. The summed E-state index contributed by atoms with van der Waals surface area (Å²) < 4.78 is 42.6. The van der Waals surface area contributed by atoms with Crippen molar-refractivity contribution in [3.8, 4) is 57.3 Å². The van der Waals surface area contributed by atoms with Crippen molar-refractivity contribution < 1.29 is 26.8 Å². The summed E-state index contributed by atoms with van der Waals surface area (Å²) in [6.07, 6.45) is 20.9. The van der Waals surface area contributed by atoms with E-state index in [-0.39, 0.29) is 28.1 Å². The number of rotatable bonds is 13. The predicted octanol–water partition coefficient (Wildman–Crippen LogP) is 17.3. The molecule has 0 unspecified atom stereocenters. The van der Waals surface area contributed by atoms with Gasteiger partial charge in [-0.15, -0.1) is 0 Å². The quantitative estimate of drug-likeness (QED) is 0.112. The van der Waals surface area contributed by atoms with Crippen LogP contribution in [-0.4, -0.2) is 248 Å². The van der Waals surface area contributed by atoms with Crippen molar-refractivity contribution in [1.82, 2.24) is 96.8 Å². The molecule has 1 N–H and O–H groups in total. The van der Waals surface area contributed by atoms with Crippen LogP contribution >= 0.6 is 46.4 Å². The monoisotopic (exact) mass is 2090 g/mol. The molecule has 0 aliphatic carbocycles. The molecule has 766 valence electrons. The van der Waals surface area contributed by atoms with Crippen LogP contribution in [0.5, 0.6) is 0 Å². The standard InChI is InChI=1S/C25H24N4O3.C23H24ClN5O2.C22H22ClN5O2.C21H20ClN5O2.C20H18ClN5O2/c1-15-11-29-12-22(27-24(29)16(2)26-15)23-10-19-4-3-18(9-21(19)25(30)32-23)17-5-7-28(8-6-17)20-13-31-14-20;1-14(2)27-6-8-28(9-7-27)17-5-4-16-10-20(31-23(30)18(16)11-17)19-12-29-13-21(24)25-15(3)22(29)26-19;1-3-26-6-8-27(9-7-26)16-5-4-15-10-19(30-22(29)17(15)11-16)18-12-28-13-20(23)24-14(2)21(28)25-18;1-13-20-24-17(11-27(20)12-19(22)23-13)18-9-14-3-4-15(10-16(14)21(28)29-18)26-7-5-25(2)6-8-26;1-12-19-24-16(10-26(19)11-18(21)23-12)17-8-13-2-3-14(9-15(13)20(27)28-17)25-6-4-22-5-7-25/h3-5,9-12,20H,6-8,13-14H2,1-2H3;4-5,10-14H,6-9H2,1-3H3;4-5,10-13H,3,6-9H2,1-2H3;3-4,9-12H,5-8H2,1-2H3;2-3,8-11,22H,4-7H2,1H3. The summed E-state index contributed by atoms with van der Waals surface area (Å²) in [5.41, 5.74) is 15.8. The van der Waals surface area contributed by atoms with Crippen molar-refractivity contribution in [2.24, 2.45) is 0 Å². The third-order valence-corrected chi connectivity index (χ3v) is 29.5. The first-order valence-corrected chi connectivity index (χ1v) is 51.7. The lowest BCUT2D eigenvalue weighted by molar-refractivity contribution is -0.0612. The van der Waals surface area contributed by atoms with Gasteiger partial charge in [-0.25, -0.2) is 68.8 Å². The van der Waals surface area contributed by atoms with Gasteiger partial charge in [0.15, 0.2) is 57.0 Å². The molecule has 0 saturated carbocycles. The molecular weight excluding hydrogens is 1990 g/mol. The SMILES string of the molecule is CCN1CCN(c2ccc3cc(-c4cn5cc(Cl)nc(C)c5n4)oc(=O)c3c2)CC1.Cc1cn2cc(-c3cc4ccc(C5=CCN(C6COC6)CC5)cc4c(=O)o3)nc2c(C)n1.Cc1nc(Cl)cn2cc(-c3cc4ccc(N5CCN(C(C)C)CC5)cc4c(=O)o3)nc12.Cc1nc(Cl)cn2cc(-c3cc4ccc(N5CCN(C)CC5)cc4c(=O)o3)nc12.Cc1nc(Cl)cn2cc(-c3cc4ccc(N5CCNCC5)cc4c(=O)o3)nc12. The minimum absolute atomic E-state index is 0.341. The molecular formula is C111H108Cl4N24O11. The maximum Gasteiger partial charge on any atom is 0.344 e. The Morgan fingerprint density at radius 2 is 0.667 bits per heavy atom. The zero-order valence-electron chi connectivity index (χ0n) is 84.4. The molecule has 0 spiro atoms. The second-order valence-corrected chi connectivity index (χ2v) is 40.5. The van der Waals surface area contributed by atoms with Gasteiger partial charge >= 0.3 is 28.1 Å². The van der Waals surface area contributed by atoms with Crippen LogP contribution in [0.1, 0.15) is 66.9 Å². The molecule has 150 heavy (non-hydrogen) atoms. The highest BCUT2D eigenvalue weighted by Crippen LogP contribution is 2.36. The first-order valence-electron chi connectivity index (χ1n) is 50.2. The van der Waals surface area contributed by atoms with Gasteiger partial charge in [0, 0.05) is 209 Å². The minimum Gasteiger partial charge on any atom is -0.421 e. The van der Waals surface area contributed by atoms with E-state index in [2.05, 4.69) is 153 Å². The summed E-state index contributed by atoms with van der Waals surface area (Å²) in [7, 11) is 2.12. The molecule has 35 nitrogen and oxygen atoms in total. The number of ether oxygens (including phenoxy) is 1. The van der Waals surface area contributed by atoms with Gasteiger partial charge in [0.05, 0.1) is 80.4 Å². The molecule has 0 bridgehead atoms. The number of nitrogens with one attached hydrogen (secondary N) is 1. The maximum absolute atomic E-state index is 12.9. The average Bonchev–Trinajstić information content (AvgIpc) is 1.74. The molecule has 5 saturated heterocycles. The number of hydrogen-bond acceptors (Lipinski definition) is 30. The topological polar surface area (TPSA) is 349 Å². The molecule has 0 atom stereocenters. The van der Waals surface area contributed by atoms with Gasteiger partial charge in [-0.3, -0.25) is 14.8 Å². The van der Waals surface area contributed by atoms with Crippen molar-refractivity contribution in [3.05, 3.63) is 302 Å². The van der Waals surface area contributed by atoms with Crippen LogP contribution in [-0.2, 0) is 4.74 Å². The van der Waals surface area contributed by atoms with E-state index >= 15 is 0 Å². The summed E-state index contributed by atoms with van der Waals surface area (Å²) in [5, 5.41) is 12.0. The second-order valence-electron chi connectivity index (χ2n) is 39.0. The zero-order chi connectivity index (χ0) is 104. The van der Waals surface area contributed by atoms with Crippen LogP contribution in [0.2, 0.25) is 20.6 Å². The highest BCUT2D eigenvalue weighted by Gasteiger charge is 2.30. The molecule has 21 heterocycles. The summed E-state index contributed by atoms with van der Waals surface area (Å²) in [4.78, 5) is 127. The summed E-state index contributed by atoms with van der Waals surface area (Å²) in [5.74, 6) is 2.16. The number of anilines is 4. The number of hydrogen-bond donors (Lipinski definition) is 1. The summed E-state index contributed by atoms with van der Waals surface area (Å²) in [6, 6.07) is 40.4. The number of likely N-dealkylation sites (N-methyl/N-ethyl adjacent to an activating group) is 2. The molecule has 6 aliphatic rings. The molecule has 0 amide bonds. The number of halogens is 4. The number of nitrogens with zero attached hydrogens (tertiary/aromatic N) is 23. The predicted molar refractivity (Wildman–Crippen MR) is 588 cm³/mol. The van der Waals surface area contributed by atoms with Crippen molar-refractivity contribution in [1.29, 1.82) is 0 Å². The maximum atomic E-state index is 12.9. The first-order chi connectivity index (χ1) is 72.5. The van der Waals surface area contributed by atoms with E-state index in [1.165, 1.54) is 5.57 Å².